The van der Waals surface area contributed by atoms with Crippen LogP contribution in [-0.2, 0) is 0 Å². The molecule has 1 fully saturated rings. The molecule has 0 spiro atoms. The van der Waals surface area contributed by atoms with Gasteiger partial charge in [0.1, 0.15) is 11.9 Å². The van der Waals surface area contributed by atoms with Crippen LogP contribution in [0.4, 0.5) is 4.39 Å². The van der Waals surface area contributed by atoms with Crippen LogP contribution in [0.5, 0.6) is 0 Å². The lowest BCUT2D eigenvalue weighted by Gasteiger charge is -2.41. The Kier molecular flexibility index (Phi) is 3.70. The fourth-order valence-corrected chi connectivity index (χ4v) is 2.84. The van der Waals surface area contributed by atoms with Crippen LogP contribution in [0.2, 0.25) is 0 Å². The van der Waals surface area contributed by atoms with E-state index in [0.29, 0.717) is 5.56 Å². The third kappa shape index (κ3) is 2.42. The van der Waals surface area contributed by atoms with Gasteiger partial charge in [-0.25, -0.2) is 4.39 Å². The van der Waals surface area contributed by atoms with E-state index in [9.17, 15) is 9.50 Å². The highest BCUT2D eigenvalue weighted by Crippen LogP contribution is 2.33. The maximum absolute atomic E-state index is 13.8. The van der Waals surface area contributed by atoms with Gasteiger partial charge in [0.15, 0.2) is 0 Å². The average molecular weight is 282 g/mol. The Labute approximate surface area is 122 Å². The topological polar surface area (TPSA) is 56.0 Å². The second-order valence-electron chi connectivity index (χ2n) is 5.19. The Morgan fingerprint density at radius 2 is 1.86 bits per heavy atom. The van der Waals surface area contributed by atoms with E-state index < -0.39 is 0 Å². The number of nitrogens with one attached hydrogen (secondary N) is 1. The SMILES string of the molecule is N#C[C@@H]1N[C@@H](CO)[C@H]1c1ccc(-c2ccccc2F)cc1. The molecule has 4 heteroatoms. The summed E-state index contributed by atoms with van der Waals surface area (Å²) in [6.07, 6.45) is 0. The van der Waals surface area contributed by atoms with Crippen LogP contribution in [-0.4, -0.2) is 23.8 Å². The summed E-state index contributed by atoms with van der Waals surface area (Å²) in [4.78, 5) is 0. The number of hydrogen-bond donors (Lipinski definition) is 2. The summed E-state index contributed by atoms with van der Waals surface area (Å²) in [5.74, 6) is -0.270. The smallest absolute Gasteiger partial charge is 0.131 e. The zero-order valence-corrected chi connectivity index (χ0v) is 11.3. The Morgan fingerprint density at radius 3 is 2.48 bits per heavy atom. The second-order valence-corrected chi connectivity index (χ2v) is 5.19. The van der Waals surface area contributed by atoms with Crippen molar-refractivity contribution in [3.05, 3.63) is 59.9 Å². The zero-order valence-electron chi connectivity index (χ0n) is 11.3. The first-order chi connectivity index (χ1) is 10.2. The lowest BCUT2D eigenvalue weighted by Crippen LogP contribution is -2.60. The molecule has 1 aliphatic heterocycles. The summed E-state index contributed by atoms with van der Waals surface area (Å²) in [6.45, 7) is -0.00207. The summed E-state index contributed by atoms with van der Waals surface area (Å²) in [5.41, 5.74) is 2.35. The Balaban J connectivity index is 1.88. The molecule has 2 N–H and O–H groups in total. The molecule has 0 amide bonds. The van der Waals surface area contributed by atoms with Gasteiger partial charge in [-0.15, -0.1) is 0 Å². The molecule has 106 valence electrons. The average Bonchev–Trinajstić information content (AvgIpc) is 2.49. The Morgan fingerprint density at radius 1 is 1.14 bits per heavy atom. The predicted molar refractivity (Wildman–Crippen MR) is 78.0 cm³/mol. The molecule has 0 aliphatic carbocycles. The first-order valence-electron chi connectivity index (χ1n) is 6.86. The van der Waals surface area contributed by atoms with Gasteiger partial charge in [-0.3, -0.25) is 5.32 Å². The molecule has 2 aromatic carbocycles. The van der Waals surface area contributed by atoms with Gasteiger partial charge >= 0.3 is 0 Å². The van der Waals surface area contributed by atoms with Crippen LogP contribution < -0.4 is 5.32 Å². The van der Waals surface area contributed by atoms with E-state index in [1.54, 1.807) is 18.2 Å². The van der Waals surface area contributed by atoms with E-state index in [1.165, 1.54) is 6.07 Å². The maximum atomic E-state index is 13.8. The molecule has 3 atom stereocenters. The minimum absolute atomic E-state index is 0.00207. The van der Waals surface area contributed by atoms with Crippen molar-refractivity contribution in [1.29, 1.82) is 5.26 Å². The molecule has 0 unspecified atom stereocenters. The first kappa shape index (κ1) is 13.7. The van der Waals surface area contributed by atoms with Gasteiger partial charge in [0.25, 0.3) is 0 Å². The van der Waals surface area contributed by atoms with E-state index in [1.807, 2.05) is 24.3 Å². The number of hydrogen-bond acceptors (Lipinski definition) is 3. The van der Waals surface area contributed by atoms with Crippen LogP contribution >= 0.6 is 0 Å². The van der Waals surface area contributed by atoms with E-state index in [0.717, 1.165) is 11.1 Å². The minimum atomic E-state index is -0.276. The number of benzene rings is 2. The molecule has 3 nitrogen and oxygen atoms in total. The lowest BCUT2D eigenvalue weighted by atomic mass is 9.78. The molecule has 3 rings (SSSR count). The van der Waals surface area contributed by atoms with Crippen LogP contribution in [0.25, 0.3) is 11.1 Å². The Hall–Kier alpha value is -2.22. The van der Waals surface area contributed by atoms with Gasteiger partial charge in [-0.2, -0.15) is 5.26 Å². The van der Waals surface area contributed by atoms with Crippen LogP contribution in [0.15, 0.2) is 48.5 Å². The predicted octanol–water partition coefficient (Wildman–Crippen LogP) is 2.43. The van der Waals surface area contributed by atoms with Crippen molar-refractivity contribution in [2.75, 3.05) is 6.61 Å². The van der Waals surface area contributed by atoms with Gasteiger partial charge in [0, 0.05) is 17.5 Å². The highest BCUT2D eigenvalue weighted by atomic mass is 19.1. The Bertz CT molecular complexity index is 678. The van der Waals surface area contributed by atoms with Gasteiger partial charge in [-0.1, -0.05) is 42.5 Å². The molecule has 1 aliphatic rings. The molecule has 0 saturated carbocycles. The van der Waals surface area contributed by atoms with Crippen molar-refractivity contribution in [2.24, 2.45) is 0 Å². The monoisotopic (exact) mass is 282 g/mol. The number of nitrogens with zero attached hydrogens (tertiary/aromatic N) is 1. The van der Waals surface area contributed by atoms with Crippen molar-refractivity contribution < 1.29 is 9.50 Å². The van der Waals surface area contributed by atoms with Gasteiger partial charge in [0.2, 0.25) is 0 Å². The minimum Gasteiger partial charge on any atom is -0.395 e. The molecular formula is C17H15FN2O. The quantitative estimate of drug-likeness (QED) is 0.909. The fraction of sp³-hybridized carbons (Fsp3) is 0.235. The van der Waals surface area contributed by atoms with Gasteiger partial charge in [0.05, 0.1) is 12.7 Å². The molecular weight excluding hydrogens is 267 g/mol. The van der Waals surface area contributed by atoms with Crippen LogP contribution in [0.3, 0.4) is 0 Å². The van der Waals surface area contributed by atoms with E-state index in [-0.39, 0.29) is 30.4 Å². The third-order valence-corrected chi connectivity index (χ3v) is 4.00. The summed E-state index contributed by atoms with van der Waals surface area (Å²) in [6, 6.07) is 16.0. The first-order valence-corrected chi connectivity index (χ1v) is 6.86. The van der Waals surface area contributed by atoms with Gasteiger partial charge in [-0.05, 0) is 17.2 Å². The highest BCUT2D eigenvalue weighted by molar-refractivity contribution is 5.64. The summed E-state index contributed by atoms with van der Waals surface area (Å²) < 4.78 is 13.8. The molecule has 0 aromatic heterocycles. The largest absolute Gasteiger partial charge is 0.395 e. The lowest BCUT2D eigenvalue weighted by molar-refractivity contribution is 0.151. The number of nitriles is 1. The van der Waals surface area contributed by atoms with Crippen molar-refractivity contribution in [3.63, 3.8) is 0 Å². The van der Waals surface area contributed by atoms with E-state index in [4.69, 9.17) is 5.26 Å². The van der Waals surface area contributed by atoms with Crippen molar-refractivity contribution in [3.8, 4) is 17.2 Å². The second kappa shape index (κ2) is 5.65. The number of aliphatic hydroxyl groups is 1. The van der Waals surface area contributed by atoms with Crippen molar-refractivity contribution in [1.82, 2.24) is 5.32 Å². The van der Waals surface area contributed by atoms with E-state index >= 15 is 0 Å². The standard InChI is InChI=1S/C17H15FN2O/c18-14-4-2-1-3-13(14)11-5-7-12(8-6-11)17-15(9-19)20-16(17)10-21/h1-8,15-17,20-21H,10H2/t15-,16-,17-/m0/s1. The third-order valence-electron chi connectivity index (χ3n) is 4.00. The number of rotatable bonds is 3. The zero-order chi connectivity index (χ0) is 14.8. The highest BCUT2D eigenvalue weighted by Gasteiger charge is 2.41. The number of aliphatic hydroxyl groups excluding tert-OH is 1. The molecule has 0 radical (unpaired) electrons. The van der Waals surface area contributed by atoms with Crippen molar-refractivity contribution >= 4 is 0 Å². The molecule has 2 aromatic rings. The van der Waals surface area contributed by atoms with Crippen LogP contribution in [0.1, 0.15) is 11.5 Å². The molecule has 21 heavy (non-hydrogen) atoms. The van der Waals surface area contributed by atoms with Crippen LogP contribution in [0, 0.1) is 17.1 Å². The normalized spacial score (nSPS) is 24.1. The summed E-state index contributed by atoms with van der Waals surface area (Å²) >= 11 is 0. The molecule has 1 saturated heterocycles. The fourth-order valence-electron chi connectivity index (χ4n) is 2.84. The van der Waals surface area contributed by atoms with Crippen molar-refractivity contribution in [2.45, 2.75) is 18.0 Å². The van der Waals surface area contributed by atoms with E-state index in [2.05, 4.69) is 11.4 Å². The molecule has 1 heterocycles. The summed E-state index contributed by atoms with van der Waals surface area (Å²) in [7, 11) is 0. The maximum Gasteiger partial charge on any atom is 0.131 e. The molecule has 0 bridgehead atoms. The summed E-state index contributed by atoms with van der Waals surface area (Å²) in [5, 5.41) is 21.3. The van der Waals surface area contributed by atoms with Gasteiger partial charge < -0.3 is 5.11 Å². The number of halogens is 1.